The molecule has 9 heavy (non-hydrogen) atoms. The van der Waals surface area contributed by atoms with Gasteiger partial charge in [-0.05, 0) is 19.4 Å². The van der Waals surface area contributed by atoms with Gasteiger partial charge in [-0.15, -0.1) is 0 Å². The summed E-state index contributed by atoms with van der Waals surface area (Å²) in [5, 5.41) is 8.74. The quantitative estimate of drug-likeness (QED) is 0.462. The highest BCUT2D eigenvalue weighted by Crippen LogP contribution is 1.97. The fraction of sp³-hybridized carbons (Fsp3) is 0.429. The zero-order chi connectivity index (χ0) is 7.28. The molecule has 0 aromatic carbocycles. The Balaban J connectivity index is 3.74. The van der Waals surface area contributed by atoms with Gasteiger partial charge in [0, 0.05) is 6.42 Å². The normalized spacial score (nSPS) is 11.6. The van der Waals surface area contributed by atoms with Gasteiger partial charge in [0.25, 0.3) is 0 Å². The lowest BCUT2D eigenvalue weighted by Crippen LogP contribution is -1.99. The summed E-state index contributed by atoms with van der Waals surface area (Å²) in [6, 6.07) is 0. The zero-order valence-corrected chi connectivity index (χ0v) is 5.55. The van der Waals surface area contributed by atoms with Gasteiger partial charge in [0.05, 0.1) is 0 Å². The van der Waals surface area contributed by atoms with Gasteiger partial charge < -0.3 is 5.11 Å². The van der Waals surface area contributed by atoms with Gasteiger partial charge in [-0.25, -0.2) is 0 Å². The molecule has 0 bridgehead atoms. The summed E-state index contributed by atoms with van der Waals surface area (Å²) in [4.78, 5) is 10.6. The molecule has 51 valence electrons. The molecule has 0 aromatic heterocycles. The molecule has 0 saturated heterocycles. The van der Waals surface area contributed by atoms with Gasteiger partial charge in [-0.2, -0.15) is 0 Å². The summed E-state index contributed by atoms with van der Waals surface area (Å²) in [5.74, 6) is -0.383. The van der Waals surface area contributed by atoms with Crippen molar-refractivity contribution in [2.45, 2.75) is 19.8 Å². The van der Waals surface area contributed by atoms with Crippen LogP contribution in [0, 0.1) is 6.92 Å². The van der Waals surface area contributed by atoms with Crippen LogP contribution in [0.5, 0.6) is 0 Å². The van der Waals surface area contributed by atoms with Crippen LogP contribution in [0.4, 0.5) is 0 Å². The molecule has 0 heterocycles. The Morgan fingerprint density at radius 2 is 2.33 bits per heavy atom. The number of rotatable bonds is 3. The smallest absolute Gasteiger partial charge is 0.196 e. The molecule has 0 amide bonds. The lowest BCUT2D eigenvalue weighted by atomic mass is 10.2. The van der Waals surface area contributed by atoms with Crippen molar-refractivity contribution in [2.75, 3.05) is 0 Å². The summed E-state index contributed by atoms with van der Waals surface area (Å²) < 4.78 is 0. The van der Waals surface area contributed by atoms with E-state index in [2.05, 4.69) is 6.92 Å². The monoisotopic (exact) mass is 127 g/mol. The van der Waals surface area contributed by atoms with Crippen LogP contribution in [0.25, 0.3) is 0 Å². The topological polar surface area (TPSA) is 37.3 Å². The van der Waals surface area contributed by atoms with Crippen molar-refractivity contribution in [2.24, 2.45) is 0 Å². The molecule has 0 aromatic rings. The van der Waals surface area contributed by atoms with Crippen LogP contribution in [0.1, 0.15) is 19.8 Å². The molecule has 0 aliphatic carbocycles. The summed E-state index contributed by atoms with van der Waals surface area (Å²) in [7, 11) is 0. The maximum atomic E-state index is 10.6. The number of carbonyl (C=O) groups excluding carboxylic acids is 1. The van der Waals surface area contributed by atoms with Gasteiger partial charge in [0.1, 0.15) is 0 Å². The Morgan fingerprint density at radius 1 is 1.78 bits per heavy atom. The third kappa shape index (κ3) is 2.90. The van der Waals surface area contributed by atoms with E-state index in [1.807, 2.05) is 0 Å². The van der Waals surface area contributed by atoms with Crippen LogP contribution in [0.2, 0.25) is 0 Å². The van der Waals surface area contributed by atoms with Crippen molar-refractivity contribution < 1.29 is 9.90 Å². The van der Waals surface area contributed by atoms with Gasteiger partial charge in [-0.3, -0.25) is 4.79 Å². The third-order valence-electron chi connectivity index (χ3n) is 0.963. The molecular weight excluding hydrogens is 116 g/mol. The zero-order valence-electron chi connectivity index (χ0n) is 5.55. The second kappa shape index (κ2) is 4.13. The molecule has 0 fully saturated rings. The first-order chi connectivity index (χ1) is 4.22. The van der Waals surface area contributed by atoms with E-state index in [1.165, 1.54) is 6.08 Å². The highest BCUT2D eigenvalue weighted by molar-refractivity contribution is 5.92. The number of ketones is 1. The van der Waals surface area contributed by atoms with Crippen LogP contribution >= 0.6 is 0 Å². The predicted octanol–water partition coefficient (Wildman–Crippen LogP) is 1.63. The number of allylic oxidation sites excluding steroid dienone is 2. The summed E-state index contributed by atoms with van der Waals surface area (Å²) in [6.07, 6.45) is 2.25. The first kappa shape index (κ1) is 8.21. The Morgan fingerprint density at radius 3 is 2.67 bits per heavy atom. The molecule has 2 heteroatoms. The number of hydrogen-bond donors (Lipinski definition) is 1. The van der Waals surface area contributed by atoms with E-state index in [9.17, 15) is 4.79 Å². The van der Waals surface area contributed by atoms with Crippen molar-refractivity contribution in [3.05, 3.63) is 18.8 Å². The highest BCUT2D eigenvalue weighted by atomic mass is 16.3. The van der Waals surface area contributed by atoms with Gasteiger partial charge >= 0.3 is 0 Å². The lowest BCUT2D eigenvalue weighted by Gasteiger charge is -1.93. The molecular formula is C7H11O2. The van der Waals surface area contributed by atoms with E-state index < -0.39 is 0 Å². The molecule has 2 nitrogen and oxygen atoms in total. The molecule has 1 N–H and O–H groups in total. The number of carbonyl (C=O) groups is 1. The summed E-state index contributed by atoms with van der Waals surface area (Å²) in [5.41, 5.74) is 0. The minimum atomic E-state index is -0.229. The van der Waals surface area contributed by atoms with Crippen molar-refractivity contribution in [3.8, 4) is 0 Å². The molecule has 0 aliphatic heterocycles. The van der Waals surface area contributed by atoms with Crippen molar-refractivity contribution in [1.82, 2.24) is 0 Å². The fourth-order valence-corrected chi connectivity index (χ4v) is 0.450. The predicted molar refractivity (Wildman–Crippen MR) is 36.0 cm³/mol. The maximum Gasteiger partial charge on any atom is 0.196 e. The van der Waals surface area contributed by atoms with Crippen LogP contribution < -0.4 is 0 Å². The number of Topliss-reactive ketones (excluding diaryl/α,β-unsaturated/α-hetero) is 1. The summed E-state index contributed by atoms with van der Waals surface area (Å²) >= 11 is 0. The number of hydrogen-bond acceptors (Lipinski definition) is 2. The second-order valence-corrected chi connectivity index (χ2v) is 1.70. The van der Waals surface area contributed by atoms with E-state index in [1.54, 1.807) is 6.92 Å². The van der Waals surface area contributed by atoms with Crippen molar-refractivity contribution in [1.29, 1.82) is 0 Å². The van der Waals surface area contributed by atoms with E-state index in [4.69, 9.17) is 5.11 Å². The molecule has 0 rings (SSSR count). The SMILES string of the molecule is [CH2]CCC(=O)C(O)=CC. The molecule has 0 saturated carbocycles. The number of aliphatic hydroxyl groups excluding tert-OH is 1. The minimum Gasteiger partial charge on any atom is -0.505 e. The minimum absolute atomic E-state index is 0.154. The first-order valence-corrected chi connectivity index (χ1v) is 2.90. The largest absolute Gasteiger partial charge is 0.505 e. The third-order valence-corrected chi connectivity index (χ3v) is 0.963. The van der Waals surface area contributed by atoms with E-state index in [0.29, 0.717) is 12.8 Å². The highest BCUT2D eigenvalue weighted by Gasteiger charge is 2.02. The van der Waals surface area contributed by atoms with Gasteiger partial charge in [0.2, 0.25) is 0 Å². The van der Waals surface area contributed by atoms with E-state index >= 15 is 0 Å². The van der Waals surface area contributed by atoms with Gasteiger partial charge in [0.15, 0.2) is 11.5 Å². The van der Waals surface area contributed by atoms with Crippen LogP contribution in [-0.4, -0.2) is 10.9 Å². The number of aliphatic hydroxyl groups is 1. The Hall–Kier alpha value is -0.790. The van der Waals surface area contributed by atoms with Crippen molar-refractivity contribution >= 4 is 5.78 Å². The molecule has 0 unspecified atom stereocenters. The van der Waals surface area contributed by atoms with Crippen LogP contribution in [0.3, 0.4) is 0 Å². The Labute approximate surface area is 55.2 Å². The Bertz CT molecular complexity index is 125. The Kier molecular flexibility index (Phi) is 3.76. The maximum absolute atomic E-state index is 10.6. The van der Waals surface area contributed by atoms with Crippen LogP contribution in [0.15, 0.2) is 11.8 Å². The molecule has 0 spiro atoms. The van der Waals surface area contributed by atoms with E-state index in [0.717, 1.165) is 0 Å². The average molecular weight is 127 g/mol. The average Bonchev–Trinajstić information content (AvgIpc) is 1.87. The van der Waals surface area contributed by atoms with Gasteiger partial charge in [-0.1, -0.05) is 6.92 Å². The molecule has 1 radical (unpaired) electrons. The van der Waals surface area contributed by atoms with Crippen molar-refractivity contribution in [3.63, 3.8) is 0 Å². The van der Waals surface area contributed by atoms with Crippen LogP contribution in [-0.2, 0) is 4.79 Å². The fourth-order valence-electron chi connectivity index (χ4n) is 0.450. The standard InChI is InChI=1S/C7H11O2/c1-3-5-7(9)6(8)4-2/h4,8H,1,3,5H2,2H3. The van der Waals surface area contributed by atoms with E-state index in [-0.39, 0.29) is 11.5 Å². The first-order valence-electron chi connectivity index (χ1n) is 2.90. The lowest BCUT2D eigenvalue weighted by molar-refractivity contribution is -0.117. The molecule has 0 atom stereocenters. The second-order valence-electron chi connectivity index (χ2n) is 1.70. The molecule has 0 aliphatic rings. The summed E-state index contributed by atoms with van der Waals surface area (Å²) in [6.45, 7) is 5.10.